The fourth-order valence-corrected chi connectivity index (χ4v) is 2.63. The second kappa shape index (κ2) is 6.39. The number of nitrogens with one attached hydrogen (secondary N) is 1. The van der Waals surface area contributed by atoms with Gasteiger partial charge in [0.05, 0.1) is 12.2 Å². The SMILES string of the molecule is CCCn1cc(C(NN)c2c(Cl)cccc2Cl)cn1. The molecule has 0 saturated heterocycles. The van der Waals surface area contributed by atoms with Crippen molar-refractivity contribution in [3.05, 3.63) is 51.8 Å². The van der Waals surface area contributed by atoms with Crippen LogP contribution in [0, 0.1) is 0 Å². The summed E-state index contributed by atoms with van der Waals surface area (Å²) in [5.41, 5.74) is 4.45. The lowest BCUT2D eigenvalue weighted by molar-refractivity contribution is 0.598. The number of aromatic nitrogens is 2. The van der Waals surface area contributed by atoms with Crippen LogP contribution in [0.25, 0.3) is 0 Å². The number of hydrogen-bond donors (Lipinski definition) is 2. The summed E-state index contributed by atoms with van der Waals surface area (Å²) >= 11 is 12.4. The number of hydrogen-bond acceptors (Lipinski definition) is 3. The van der Waals surface area contributed by atoms with Crippen molar-refractivity contribution in [2.45, 2.75) is 25.9 Å². The number of hydrazine groups is 1. The number of aryl methyl sites for hydroxylation is 1. The largest absolute Gasteiger partial charge is 0.272 e. The second-order valence-electron chi connectivity index (χ2n) is 4.27. The molecule has 6 heteroatoms. The Hall–Kier alpha value is -1.07. The van der Waals surface area contributed by atoms with Crippen LogP contribution in [0.2, 0.25) is 10.0 Å². The van der Waals surface area contributed by atoms with Gasteiger partial charge in [-0.1, -0.05) is 36.2 Å². The van der Waals surface area contributed by atoms with Crippen LogP contribution < -0.4 is 11.3 Å². The summed E-state index contributed by atoms with van der Waals surface area (Å²) in [5, 5.41) is 5.46. The van der Waals surface area contributed by atoms with Gasteiger partial charge < -0.3 is 0 Å². The molecule has 0 radical (unpaired) electrons. The van der Waals surface area contributed by atoms with Gasteiger partial charge in [-0.15, -0.1) is 0 Å². The number of rotatable bonds is 5. The van der Waals surface area contributed by atoms with E-state index >= 15 is 0 Å². The molecule has 0 bridgehead atoms. The predicted molar refractivity (Wildman–Crippen MR) is 78.1 cm³/mol. The Bertz CT molecular complexity index is 533. The molecule has 2 aromatic rings. The first kappa shape index (κ1) is 14.3. The summed E-state index contributed by atoms with van der Waals surface area (Å²) in [7, 11) is 0. The summed E-state index contributed by atoms with van der Waals surface area (Å²) < 4.78 is 1.88. The van der Waals surface area contributed by atoms with Crippen LogP contribution in [0.4, 0.5) is 0 Å². The Morgan fingerprint density at radius 1 is 1.37 bits per heavy atom. The smallest absolute Gasteiger partial charge is 0.0769 e. The van der Waals surface area contributed by atoms with E-state index in [1.807, 2.05) is 16.9 Å². The third-order valence-corrected chi connectivity index (χ3v) is 3.55. The molecule has 4 nitrogen and oxygen atoms in total. The molecule has 0 fully saturated rings. The van der Waals surface area contributed by atoms with Crippen LogP contribution in [0.15, 0.2) is 30.6 Å². The molecular weight excluding hydrogens is 283 g/mol. The van der Waals surface area contributed by atoms with Gasteiger partial charge in [0, 0.05) is 33.9 Å². The lowest BCUT2D eigenvalue weighted by Gasteiger charge is -2.17. The normalized spacial score (nSPS) is 12.6. The zero-order valence-corrected chi connectivity index (χ0v) is 12.1. The molecule has 1 heterocycles. The minimum Gasteiger partial charge on any atom is -0.272 e. The van der Waals surface area contributed by atoms with Gasteiger partial charge in [0.2, 0.25) is 0 Å². The van der Waals surface area contributed by atoms with Crippen LogP contribution >= 0.6 is 23.2 Å². The molecule has 0 spiro atoms. The maximum atomic E-state index is 6.21. The Kier molecular flexibility index (Phi) is 4.82. The average molecular weight is 299 g/mol. The molecule has 0 amide bonds. The highest BCUT2D eigenvalue weighted by Crippen LogP contribution is 2.33. The fourth-order valence-electron chi connectivity index (χ4n) is 2.01. The van der Waals surface area contributed by atoms with Crippen LogP contribution in [-0.4, -0.2) is 9.78 Å². The van der Waals surface area contributed by atoms with E-state index in [4.69, 9.17) is 29.0 Å². The van der Waals surface area contributed by atoms with Gasteiger partial charge in [-0.3, -0.25) is 10.5 Å². The monoisotopic (exact) mass is 298 g/mol. The van der Waals surface area contributed by atoms with Crippen molar-refractivity contribution in [2.24, 2.45) is 5.84 Å². The van der Waals surface area contributed by atoms with Crippen molar-refractivity contribution < 1.29 is 0 Å². The predicted octanol–water partition coefficient (Wildman–Crippen LogP) is 3.15. The standard InChI is InChI=1S/C13H16Cl2N4/c1-2-6-19-8-9(7-17-19)13(18-16)12-10(14)4-3-5-11(12)15/h3-5,7-8,13,18H,2,6,16H2,1H3. The van der Waals surface area contributed by atoms with Gasteiger partial charge in [-0.2, -0.15) is 5.10 Å². The van der Waals surface area contributed by atoms with E-state index in [9.17, 15) is 0 Å². The van der Waals surface area contributed by atoms with Crippen molar-refractivity contribution in [2.75, 3.05) is 0 Å². The molecular formula is C13H16Cl2N4. The zero-order chi connectivity index (χ0) is 13.8. The van der Waals surface area contributed by atoms with E-state index in [2.05, 4.69) is 17.4 Å². The minimum atomic E-state index is -0.271. The van der Waals surface area contributed by atoms with E-state index in [1.165, 1.54) is 0 Å². The third kappa shape index (κ3) is 3.09. The molecule has 1 aromatic heterocycles. The molecule has 0 aliphatic carbocycles. The first-order chi connectivity index (χ1) is 9.17. The van der Waals surface area contributed by atoms with E-state index in [0.717, 1.165) is 24.1 Å². The Morgan fingerprint density at radius 3 is 2.63 bits per heavy atom. The van der Waals surface area contributed by atoms with Crippen LogP contribution in [0.3, 0.4) is 0 Å². The van der Waals surface area contributed by atoms with Crippen LogP contribution in [0.5, 0.6) is 0 Å². The highest BCUT2D eigenvalue weighted by Gasteiger charge is 2.20. The summed E-state index contributed by atoms with van der Waals surface area (Å²) in [5.74, 6) is 5.65. The fraction of sp³-hybridized carbons (Fsp3) is 0.308. The topological polar surface area (TPSA) is 55.9 Å². The quantitative estimate of drug-likeness (QED) is 0.658. The van der Waals surface area contributed by atoms with Crippen molar-refractivity contribution in [3.8, 4) is 0 Å². The maximum Gasteiger partial charge on any atom is 0.0769 e. The summed E-state index contributed by atoms with van der Waals surface area (Å²) in [4.78, 5) is 0. The summed E-state index contributed by atoms with van der Waals surface area (Å²) in [6.45, 7) is 2.97. The first-order valence-electron chi connectivity index (χ1n) is 6.09. The Labute approximate surface area is 122 Å². The van der Waals surface area contributed by atoms with Gasteiger partial charge >= 0.3 is 0 Å². The van der Waals surface area contributed by atoms with Gasteiger partial charge in [-0.05, 0) is 18.6 Å². The zero-order valence-electron chi connectivity index (χ0n) is 10.6. The number of halogens is 2. The second-order valence-corrected chi connectivity index (χ2v) is 5.09. The molecule has 3 N–H and O–H groups in total. The van der Waals surface area contributed by atoms with E-state index < -0.39 is 0 Å². The van der Waals surface area contributed by atoms with Crippen LogP contribution in [-0.2, 0) is 6.54 Å². The molecule has 1 atom stereocenters. The molecule has 0 aliphatic heterocycles. The average Bonchev–Trinajstić information content (AvgIpc) is 2.83. The lowest BCUT2D eigenvalue weighted by atomic mass is 10.0. The molecule has 2 rings (SSSR count). The highest BCUT2D eigenvalue weighted by atomic mass is 35.5. The first-order valence-corrected chi connectivity index (χ1v) is 6.85. The minimum absolute atomic E-state index is 0.271. The van der Waals surface area contributed by atoms with Gasteiger partial charge in [0.1, 0.15) is 0 Å². The van der Waals surface area contributed by atoms with Crippen LogP contribution in [0.1, 0.15) is 30.5 Å². The van der Waals surface area contributed by atoms with Gasteiger partial charge in [0.15, 0.2) is 0 Å². The Morgan fingerprint density at radius 2 is 2.05 bits per heavy atom. The van der Waals surface area contributed by atoms with Crippen molar-refractivity contribution in [3.63, 3.8) is 0 Å². The third-order valence-electron chi connectivity index (χ3n) is 2.89. The summed E-state index contributed by atoms with van der Waals surface area (Å²) in [6.07, 6.45) is 4.75. The number of benzene rings is 1. The number of nitrogens with zero attached hydrogens (tertiary/aromatic N) is 2. The van der Waals surface area contributed by atoms with Gasteiger partial charge in [-0.25, -0.2) is 5.43 Å². The highest BCUT2D eigenvalue weighted by molar-refractivity contribution is 6.36. The molecule has 0 saturated carbocycles. The molecule has 1 aromatic carbocycles. The van der Waals surface area contributed by atoms with E-state index in [1.54, 1.807) is 18.3 Å². The van der Waals surface area contributed by atoms with E-state index in [-0.39, 0.29) is 6.04 Å². The van der Waals surface area contributed by atoms with Crippen molar-refractivity contribution >= 4 is 23.2 Å². The maximum absolute atomic E-state index is 6.21. The lowest BCUT2D eigenvalue weighted by Crippen LogP contribution is -2.29. The van der Waals surface area contributed by atoms with E-state index in [0.29, 0.717) is 10.0 Å². The number of nitrogens with two attached hydrogens (primary N) is 1. The molecule has 0 aliphatic rings. The summed E-state index contributed by atoms with van der Waals surface area (Å²) in [6, 6.07) is 5.13. The molecule has 19 heavy (non-hydrogen) atoms. The van der Waals surface area contributed by atoms with Gasteiger partial charge in [0.25, 0.3) is 0 Å². The van der Waals surface area contributed by atoms with Crippen molar-refractivity contribution in [1.82, 2.24) is 15.2 Å². The van der Waals surface area contributed by atoms with Crippen molar-refractivity contribution in [1.29, 1.82) is 0 Å². The molecule has 1 unspecified atom stereocenters. The Balaban J connectivity index is 2.38. The molecule has 102 valence electrons.